The van der Waals surface area contributed by atoms with E-state index in [1.807, 2.05) is 0 Å². The maximum absolute atomic E-state index is 12.4. The Labute approximate surface area is 164 Å². The minimum Gasteiger partial charge on any atom is -0.871 e. The topological polar surface area (TPSA) is 96.6 Å². The molecule has 29 heavy (non-hydrogen) atoms. The Morgan fingerprint density at radius 2 is 1.62 bits per heavy atom. The van der Waals surface area contributed by atoms with Gasteiger partial charge >= 0.3 is 11.6 Å². The van der Waals surface area contributed by atoms with Gasteiger partial charge in [-0.2, -0.15) is 0 Å². The van der Waals surface area contributed by atoms with Crippen LogP contribution in [0.3, 0.4) is 0 Å². The predicted molar refractivity (Wildman–Crippen MR) is 105 cm³/mol. The molecule has 0 spiro atoms. The van der Waals surface area contributed by atoms with E-state index < -0.39 is 23.1 Å². The average Bonchev–Trinajstić information content (AvgIpc) is 2.72. The average molecular weight is 385 g/mol. The highest BCUT2D eigenvalue weighted by molar-refractivity contribution is 6.27. The van der Waals surface area contributed by atoms with Gasteiger partial charge in [0.1, 0.15) is 16.9 Å². The van der Waals surface area contributed by atoms with Crippen LogP contribution < -0.4 is 15.5 Å². The monoisotopic (exact) mass is 385 g/mol. The molecule has 4 rings (SSSR count). The number of fused-ring (bicyclic) bond motifs is 2. The summed E-state index contributed by atoms with van der Waals surface area (Å²) < 4.78 is 10.3. The summed E-state index contributed by atoms with van der Waals surface area (Å²) in [7, 11) is 0. The third-order valence-corrected chi connectivity index (χ3v) is 4.35. The lowest BCUT2D eigenvalue weighted by Gasteiger charge is -2.15. The second kappa shape index (κ2) is 7.44. The molecule has 1 aromatic heterocycles. The van der Waals surface area contributed by atoms with Crippen molar-refractivity contribution < 1.29 is 23.8 Å². The van der Waals surface area contributed by atoms with E-state index >= 15 is 0 Å². The lowest BCUT2D eigenvalue weighted by Crippen LogP contribution is -2.24. The Kier molecular flexibility index (Phi) is 4.66. The molecule has 1 aliphatic heterocycles. The number of hydrogen-bond donors (Lipinski definition) is 0. The van der Waals surface area contributed by atoms with Crippen molar-refractivity contribution in [3.63, 3.8) is 0 Å². The molecule has 0 N–H and O–H groups in total. The maximum Gasteiger partial charge on any atom is 0.347 e. The van der Waals surface area contributed by atoms with Crippen molar-refractivity contribution in [2.45, 2.75) is 0 Å². The number of benzene rings is 2. The molecule has 2 heterocycles. The largest absolute Gasteiger partial charge is 0.871 e. The summed E-state index contributed by atoms with van der Waals surface area (Å²) in [5.74, 6) is -1.36. The van der Waals surface area contributed by atoms with E-state index in [-0.39, 0.29) is 22.5 Å². The fraction of sp³-hybridized carbons (Fsp3) is 0. The van der Waals surface area contributed by atoms with Gasteiger partial charge in [0, 0.05) is 5.39 Å². The highest BCUT2D eigenvalue weighted by Crippen LogP contribution is 2.27. The van der Waals surface area contributed by atoms with Gasteiger partial charge in [-0.1, -0.05) is 54.3 Å². The number of ether oxygens (including phenoxy) is 1. The Balaban J connectivity index is 1.58. The predicted octanol–water partition coefficient (Wildman–Crippen LogP) is 3.16. The van der Waals surface area contributed by atoms with E-state index in [1.165, 1.54) is 30.4 Å². The van der Waals surface area contributed by atoms with Crippen molar-refractivity contribution in [2.24, 2.45) is 0 Å². The normalized spacial score (nSPS) is 15.4. The van der Waals surface area contributed by atoms with Crippen LogP contribution >= 0.6 is 0 Å². The molecule has 1 aliphatic rings. The number of Topliss-reactive ketones (excluding diaryl/α,β-unsaturated/α-hetero) is 1. The molecule has 0 bridgehead atoms. The molecule has 142 valence electrons. The highest BCUT2D eigenvalue weighted by Gasteiger charge is 2.29. The molecule has 6 heteroatoms. The summed E-state index contributed by atoms with van der Waals surface area (Å²) in [6, 6.07) is 13.0. The number of carbonyl (C=O) groups is 2. The van der Waals surface area contributed by atoms with Gasteiger partial charge in [-0.15, -0.1) is 0 Å². The molecular weight excluding hydrogens is 372 g/mol. The van der Waals surface area contributed by atoms with Gasteiger partial charge in [0.25, 0.3) is 0 Å². The van der Waals surface area contributed by atoms with Crippen molar-refractivity contribution >= 4 is 28.8 Å². The van der Waals surface area contributed by atoms with Gasteiger partial charge < -0.3 is 14.3 Å². The van der Waals surface area contributed by atoms with Crippen LogP contribution in [-0.4, -0.2) is 11.8 Å². The molecule has 0 aliphatic carbocycles. The van der Waals surface area contributed by atoms with E-state index in [1.54, 1.807) is 48.5 Å². The van der Waals surface area contributed by atoms with Crippen molar-refractivity contribution in [2.75, 3.05) is 0 Å². The van der Waals surface area contributed by atoms with Crippen LogP contribution in [0.2, 0.25) is 0 Å². The minimum atomic E-state index is -0.737. The van der Waals surface area contributed by atoms with Crippen molar-refractivity contribution in [1.29, 1.82) is 0 Å². The van der Waals surface area contributed by atoms with Crippen molar-refractivity contribution in [3.05, 3.63) is 100.0 Å². The molecule has 3 aromatic rings. The maximum atomic E-state index is 12.4. The Morgan fingerprint density at radius 1 is 0.862 bits per heavy atom. The first-order chi connectivity index (χ1) is 14.1. The zero-order valence-electron chi connectivity index (χ0n) is 15.0. The molecule has 0 saturated carbocycles. The Hall–Kier alpha value is -4.19. The van der Waals surface area contributed by atoms with Crippen LogP contribution in [0.5, 0.6) is 11.5 Å². The number of hydrogen-bond acceptors (Lipinski definition) is 6. The van der Waals surface area contributed by atoms with Crippen LogP contribution in [0.4, 0.5) is 0 Å². The zero-order chi connectivity index (χ0) is 20.4. The van der Waals surface area contributed by atoms with E-state index in [4.69, 9.17) is 9.15 Å². The van der Waals surface area contributed by atoms with Crippen molar-refractivity contribution in [1.82, 2.24) is 0 Å². The summed E-state index contributed by atoms with van der Waals surface area (Å²) >= 11 is 0. The smallest absolute Gasteiger partial charge is 0.347 e. The van der Waals surface area contributed by atoms with E-state index in [2.05, 4.69) is 0 Å². The first-order valence-corrected chi connectivity index (χ1v) is 8.70. The number of esters is 1. The van der Waals surface area contributed by atoms with Gasteiger partial charge in [-0.25, -0.2) is 9.59 Å². The van der Waals surface area contributed by atoms with Crippen LogP contribution in [0.1, 0.15) is 15.9 Å². The third-order valence-electron chi connectivity index (χ3n) is 4.35. The number of rotatable bonds is 3. The summed E-state index contributed by atoms with van der Waals surface area (Å²) in [6.45, 7) is 0. The third kappa shape index (κ3) is 3.39. The minimum absolute atomic E-state index is 0.108. The van der Waals surface area contributed by atoms with Gasteiger partial charge in [0.05, 0.1) is 11.1 Å². The SMILES string of the molecule is O=C1Oc2ccccc2C(=O)/C1=C/C=CC=Cc1c([O-])c2ccccc2oc1=O. The Morgan fingerprint density at radius 3 is 2.48 bits per heavy atom. The second-order valence-electron chi connectivity index (χ2n) is 6.17. The lowest BCUT2D eigenvalue weighted by atomic mass is 9.99. The molecule has 0 saturated heterocycles. The van der Waals surface area contributed by atoms with E-state index in [9.17, 15) is 19.5 Å². The fourth-order valence-electron chi connectivity index (χ4n) is 2.93. The molecular formula is C23H13O6-. The second-order valence-corrected chi connectivity index (χ2v) is 6.17. The first-order valence-electron chi connectivity index (χ1n) is 8.70. The number of allylic oxidation sites excluding steroid dienone is 4. The zero-order valence-corrected chi connectivity index (χ0v) is 15.0. The van der Waals surface area contributed by atoms with Gasteiger partial charge in [-0.05, 0) is 30.4 Å². The molecule has 0 amide bonds. The number of para-hydroxylation sites is 2. The molecule has 0 atom stereocenters. The van der Waals surface area contributed by atoms with E-state index in [0.717, 1.165) is 0 Å². The molecule has 0 radical (unpaired) electrons. The molecule has 0 unspecified atom stereocenters. The lowest BCUT2D eigenvalue weighted by molar-refractivity contribution is -0.266. The van der Waals surface area contributed by atoms with Crippen LogP contribution in [0.25, 0.3) is 17.0 Å². The standard InChI is InChI=1S/C23H14O6/c24-20-14-8-4-6-12-18(14)28-22(26)16(20)10-2-1-3-11-17-21(25)15-9-5-7-13-19(15)29-23(17)27/h1-13,24H/p-1/b3-1?,10-2?,17-11-. The molecule has 0 fully saturated rings. The van der Waals surface area contributed by atoms with Crippen LogP contribution in [-0.2, 0) is 4.79 Å². The van der Waals surface area contributed by atoms with Crippen LogP contribution in [0, 0.1) is 0 Å². The first kappa shape index (κ1) is 18.2. The highest BCUT2D eigenvalue weighted by atomic mass is 16.5. The quantitative estimate of drug-likeness (QED) is 0.172. The van der Waals surface area contributed by atoms with Gasteiger partial charge in [0.15, 0.2) is 0 Å². The Bertz CT molecular complexity index is 1290. The summed E-state index contributed by atoms with van der Waals surface area (Å²) in [5, 5.41) is 12.7. The van der Waals surface area contributed by atoms with Crippen molar-refractivity contribution in [3.8, 4) is 11.5 Å². The summed E-state index contributed by atoms with van der Waals surface area (Å²) in [6.07, 6.45) is 7.04. The van der Waals surface area contributed by atoms with Crippen LogP contribution in [0.15, 0.2) is 87.6 Å². The number of carbonyl (C=O) groups excluding carboxylic acids is 2. The summed E-state index contributed by atoms with van der Waals surface area (Å²) in [5.41, 5.74) is -0.410. The molecule has 2 aromatic carbocycles. The molecule has 6 nitrogen and oxygen atoms in total. The van der Waals surface area contributed by atoms with Gasteiger partial charge in [-0.3, -0.25) is 4.79 Å². The fourth-order valence-corrected chi connectivity index (χ4v) is 2.93. The number of ketones is 1. The van der Waals surface area contributed by atoms with E-state index in [0.29, 0.717) is 10.9 Å². The summed E-state index contributed by atoms with van der Waals surface area (Å²) in [4.78, 5) is 36.4. The van der Waals surface area contributed by atoms with Gasteiger partial charge in [0.2, 0.25) is 5.78 Å².